The molecule has 0 aromatic rings. The summed E-state index contributed by atoms with van der Waals surface area (Å²) in [7, 11) is 0. The first-order valence-electron chi connectivity index (χ1n) is 3.75. The zero-order valence-corrected chi connectivity index (χ0v) is 6.28. The first-order valence-corrected chi connectivity index (χ1v) is 3.75. The smallest absolute Gasteiger partial charge is 0.303 e. The van der Waals surface area contributed by atoms with E-state index < -0.39 is 5.97 Å². The molecular weight excluding hydrogens is 148 g/mol. The lowest BCUT2D eigenvalue weighted by molar-refractivity contribution is -0.248. The van der Waals surface area contributed by atoms with E-state index in [1.54, 1.807) is 0 Å². The number of hydrogen-bond donors (Lipinski definition) is 1. The van der Waals surface area contributed by atoms with Crippen LogP contribution in [0.5, 0.6) is 0 Å². The molecule has 4 nitrogen and oxygen atoms in total. The van der Waals surface area contributed by atoms with Crippen LogP contribution in [0.25, 0.3) is 0 Å². The van der Waals surface area contributed by atoms with Gasteiger partial charge in [-0.2, -0.15) is 0 Å². The van der Waals surface area contributed by atoms with Gasteiger partial charge in [-0.3, -0.25) is 4.79 Å². The van der Waals surface area contributed by atoms with Crippen LogP contribution < -0.4 is 0 Å². The van der Waals surface area contributed by atoms with Crippen molar-refractivity contribution in [3.63, 3.8) is 0 Å². The Labute approximate surface area is 65.0 Å². The molecule has 0 amide bonds. The number of hydrogen-bond acceptors (Lipinski definition) is 3. The summed E-state index contributed by atoms with van der Waals surface area (Å²) in [5.74, 6) is -0.334. The molecule has 64 valence electrons. The lowest BCUT2D eigenvalue weighted by atomic mass is 10.0. The minimum Gasteiger partial charge on any atom is -0.481 e. The van der Waals surface area contributed by atoms with Crippen LogP contribution in [0, 0.1) is 5.92 Å². The predicted octanol–water partition coefficient (Wildman–Crippen LogP) is 0.819. The Morgan fingerprint density at radius 3 is 2.64 bits per heavy atom. The molecule has 0 aromatic carbocycles. The third kappa shape index (κ3) is 3.34. The highest BCUT2D eigenvalue weighted by atomic mass is 17.2. The molecule has 1 aliphatic rings. The van der Waals surface area contributed by atoms with Gasteiger partial charge < -0.3 is 5.11 Å². The number of carboxylic acids is 1. The van der Waals surface area contributed by atoms with Crippen LogP contribution in [0.15, 0.2) is 0 Å². The van der Waals surface area contributed by atoms with E-state index in [-0.39, 0.29) is 6.42 Å². The molecule has 1 saturated heterocycles. The third-order valence-electron chi connectivity index (χ3n) is 1.69. The topological polar surface area (TPSA) is 55.8 Å². The highest BCUT2D eigenvalue weighted by Crippen LogP contribution is 2.14. The highest BCUT2D eigenvalue weighted by molar-refractivity contribution is 5.66. The van der Waals surface area contributed by atoms with Gasteiger partial charge in [-0.15, -0.1) is 0 Å². The fourth-order valence-electron chi connectivity index (χ4n) is 1.05. The maximum atomic E-state index is 10.1. The molecule has 0 atom stereocenters. The average molecular weight is 160 g/mol. The molecule has 1 N–H and O–H groups in total. The molecule has 11 heavy (non-hydrogen) atoms. The Morgan fingerprint density at radius 2 is 2.09 bits per heavy atom. The summed E-state index contributed by atoms with van der Waals surface area (Å²) in [6, 6.07) is 0. The normalized spacial score (nSPS) is 18.9. The minimum atomic E-state index is -0.732. The molecule has 0 radical (unpaired) electrons. The van der Waals surface area contributed by atoms with Gasteiger partial charge in [-0.25, -0.2) is 9.78 Å². The predicted molar refractivity (Wildman–Crippen MR) is 36.9 cm³/mol. The SMILES string of the molecule is O=C(O)CCCC1COOC1. The van der Waals surface area contributed by atoms with E-state index in [2.05, 4.69) is 9.78 Å². The third-order valence-corrected chi connectivity index (χ3v) is 1.69. The molecule has 1 heterocycles. The van der Waals surface area contributed by atoms with E-state index in [1.807, 2.05) is 0 Å². The van der Waals surface area contributed by atoms with Crippen LogP contribution >= 0.6 is 0 Å². The molecule has 1 rings (SSSR count). The molecule has 1 fully saturated rings. The van der Waals surface area contributed by atoms with Crippen molar-refractivity contribution >= 4 is 5.97 Å². The van der Waals surface area contributed by atoms with Crippen molar-refractivity contribution in [2.45, 2.75) is 19.3 Å². The Balaban J connectivity index is 1.98. The van der Waals surface area contributed by atoms with Crippen molar-refractivity contribution < 1.29 is 19.7 Å². The first kappa shape index (κ1) is 8.49. The van der Waals surface area contributed by atoms with E-state index in [0.29, 0.717) is 25.6 Å². The number of carbonyl (C=O) groups is 1. The monoisotopic (exact) mass is 160 g/mol. The van der Waals surface area contributed by atoms with Crippen LogP contribution in [0.3, 0.4) is 0 Å². The van der Waals surface area contributed by atoms with Crippen LogP contribution in [-0.4, -0.2) is 24.3 Å². The van der Waals surface area contributed by atoms with Crippen LogP contribution in [0.4, 0.5) is 0 Å². The van der Waals surface area contributed by atoms with E-state index in [1.165, 1.54) is 0 Å². The van der Waals surface area contributed by atoms with Crippen LogP contribution in [0.1, 0.15) is 19.3 Å². The summed E-state index contributed by atoms with van der Waals surface area (Å²) in [4.78, 5) is 19.4. The minimum absolute atomic E-state index is 0.247. The Morgan fingerprint density at radius 1 is 1.45 bits per heavy atom. The van der Waals surface area contributed by atoms with Crippen molar-refractivity contribution in [1.29, 1.82) is 0 Å². The Kier molecular flexibility index (Phi) is 3.32. The fraction of sp³-hybridized carbons (Fsp3) is 0.857. The molecular formula is C7H12O4. The summed E-state index contributed by atoms with van der Waals surface area (Å²) < 4.78 is 0. The lowest BCUT2D eigenvalue weighted by Crippen LogP contribution is -2.04. The van der Waals surface area contributed by atoms with Crippen LogP contribution in [-0.2, 0) is 14.6 Å². The Bertz CT molecular complexity index is 128. The van der Waals surface area contributed by atoms with Crippen LogP contribution in [0.2, 0.25) is 0 Å². The maximum absolute atomic E-state index is 10.1. The molecule has 0 aromatic heterocycles. The quantitative estimate of drug-likeness (QED) is 0.618. The van der Waals surface area contributed by atoms with Gasteiger partial charge in [0.15, 0.2) is 0 Å². The standard InChI is InChI=1S/C7H12O4/c8-7(9)3-1-2-6-4-10-11-5-6/h6H,1-5H2,(H,8,9). The van der Waals surface area contributed by atoms with Crippen molar-refractivity contribution in [2.75, 3.05) is 13.2 Å². The zero-order chi connectivity index (χ0) is 8.10. The molecule has 4 heteroatoms. The molecule has 0 unspecified atom stereocenters. The average Bonchev–Trinajstić information content (AvgIpc) is 2.39. The molecule has 0 bridgehead atoms. The van der Waals surface area contributed by atoms with E-state index >= 15 is 0 Å². The summed E-state index contributed by atoms with van der Waals surface area (Å²) in [5, 5.41) is 8.32. The molecule has 0 spiro atoms. The van der Waals surface area contributed by atoms with Gasteiger partial charge in [0, 0.05) is 12.3 Å². The van der Waals surface area contributed by atoms with E-state index in [4.69, 9.17) is 5.11 Å². The highest BCUT2D eigenvalue weighted by Gasteiger charge is 2.16. The number of carboxylic acid groups (broad SMARTS) is 1. The lowest BCUT2D eigenvalue weighted by Gasteiger charge is -2.01. The van der Waals surface area contributed by atoms with Gasteiger partial charge in [0.05, 0.1) is 13.2 Å². The second kappa shape index (κ2) is 4.31. The van der Waals surface area contributed by atoms with Gasteiger partial charge in [-0.1, -0.05) is 0 Å². The molecule has 0 saturated carbocycles. The summed E-state index contributed by atoms with van der Waals surface area (Å²) >= 11 is 0. The number of aliphatic carboxylic acids is 1. The van der Waals surface area contributed by atoms with Gasteiger partial charge in [0.1, 0.15) is 0 Å². The molecule has 0 aliphatic carbocycles. The van der Waals surface area contributed by atoms with Gasteiger partial charge in [-0.05, 0) is 12.8 Å². The van der Waals surface area contributed by atoms with E-state index in [0.717, 1.165) is 6.42 Å². The van der Waals surface area contributed by atoms with Gasteiger partial charge in [0.2, 0.25) is 0 Å². The van der Waals surface area contributed by atoms with Crippen molar-refractivity contribution in [2.24, 2.45) is 5.92 Å². The second-order valence-corrected chi connectivity index (χ2v) is 2.72. The number of rotatable bonds is 4. The summed E-state index contributed by atoms with van der Waals surface area (Å²) in [6.07, 6.45) is 1.84. The summed E-state index contributed by atoms with van der Waals surface area (Å²) in [6.45, 7) is 1.22. The first-order chi connectivity index (χ1) is 5.29. The van der Waals surface area contributed by atoms with Crippen molar-refractivity contribution in [1.82, 2.24) is 0 Å². The second-order valence-electron chi connectivity index (χ2n) is 2.72. The fourth-order valence-corrected chi connectivity index (χ4v) is 1.05. The van der Waals surface area contributed by atoms with Gasteiger partial charge >= 0.3 is 5.97 Å². The van der Waals surface area contributed by atoms with Crippen molar-refractivity contribution in [3.05, 3.63) is 0 Å². The zero-order valence-electron chi connectivity index (χ0n) is 6.28. The van der Waals surface area contributed by atoms with E-state index in [9.17, 15) is 4.79 Å². The van der Waals surface area contributed by atoms with Crippen molar-refractivity contribution in [3.8, 4) is 0 Å². The molecule has 1 aliphatic heterocycles. The Hall–Kier alpha value is -0.610. The van der Waals surface area contributed by atoms with Gasteiger partial charge in [0.25, 0.3) is 0 Å². The largest absolute Gasteiger partial charge is 0.481 e. The maximum Gasteiger partial charge on any atom is 0.303 e. The summed E-state index contributed by atoms with van der Waals surface area (Å²) in [5.41, 5.74) is 0.